The monoisotopic (exact) mass is 268 g/mol. The molecule has 2 aromatic heterocycles. The second-order valence-electron chi connectivity index (χ2n) is 3.43. The van der Waals surface area contributed by atoms with Gasteiger partial charge < -0.3 is 9.14 Å². The zero-order valence-corrected chi connectivity index (χ0v) is 10.2. The largest absolute Gasteiger partial charge is 0.385 e. The Morgan fingerprint density at radius 3 is 3.20 bits per heavy atom. The lowest BCUT2D eigenvalue weighted by Crippen LogP contribution is -1.93. The van der Waals surface area contributed by atoms with Crippen molar-refractivity contribution in [3.8, 4) is 0 Å². The van der Waals surface area contributed by atoms with Gasteiger partial charge in [-0.25, -0.2) is 4.98 Å². The fraction of sp³-hybridized carbons (Fsp3) is 0.364. The lowest BCUT2D eigenvalue weighted by Gasteiger charge is -1.99. The number of ether oxygens (including phenoxy) is 1. The quantitative estimate of drug-likeness (QED) is 0.798. The number of pyridine rings is 1. The molecule has 2 rings (SSSR count). The summed E-state index contributed by atoms with van der Waals surface area (Å²) in [7, 11) is 1.72. The number of imidazole rings is 1. The molecule has 2 aromatic rings. The Kier molecular flexibility index (Phi) is 3.38. The summed E-state index contributed by atoms with van der Waals surface area (Å²) in [4.78, 5) is 4.39. The molecule has 0 spiro atoms. The van der Waals surface area contributed by atoms with Crippen molar-refractivity contribution in [2.45, 2.75) is 12.8 Å². The molecule has 80 valence electrons. The predicted octanol–water partition coefficient (Wildman–Crippen LogP) is 2.68. The van der Waals surface area contributed by atoms with Gasteiger partial charge in [0, 0.05) is 24.4 Å². The number of methoxy groups -OCH3 is 1. The van der Waals surface area contributed by atoms with Crippen molar-refractivity contribution in [1.29, 1.82) is 0 Å². The van der Waals surface area contributed by atoms with E-state index in [1.54, 1.807) is 7.11 Å². The molecule has 3 nitrogen and oxygen atoms in total. The van der Waals surface area contributed by atoms with Crippen LogP contribution in [0, 0.1) is 0 Å². The van der Waals surface area contributed by atoms with E-state index in [1.807, 2.05) is 23.0 Å². The highest BCUT2D eigenvalue weighted by Gasteiger charge is 2.03. The molecule has 15 heavy (non-hydrogen) atoms. The SMILES string of the molecule is COCCCc1ncn2ccc(Br)cc12. The summed E-state index contributed by atoms with van der Waals surface area (Å²) in [6.45, 7) is 0.785. The Morgan fingerprint density at radius 2 is 2.40 bits per heavy atom. The summed E-state index contributed by atoms with van der Waals surface area (Å²) in [6.07, 6.45) is 5.83. The maximum atomic E-state index is 5.03. The molecular formula is C11H13BrN2O. The van der Waals surface area contributed by atoms with Gasteiger partial charge in [-0.05, 0) is 25.0 Å². The highest BCUT2D eigenvalue weighted by molar-refractivity contribution is 9.10. The van der Waals surface area contributed by atoms with Crippen LogP contribution in [0.1, 0.15) is 12.1 Å². The van der Waals surface area contributed by atoms with Crippen LogP contribution in [0.5, 0.6) is 0 Å². The van der Waals surface area contributed by atoms with Crippen molar-refractivity contribution in [3.63, 3.8) is 0 Å². The first-order valence-corrected chi connectivity index (χ1v) is 5.70. The van der Waals surface area contributed by atoms with Crippen LogP contribution in [0.3, 0.4) is 0 Å². The number of hydrogen-bond acceptors (Lipinski definition) is 2. The number of halogens is 1. The van der Waals surface area contributed by atoms with E-state index in [0.29, 0.717) is 0 Å². The first-order valence-electron chi connectivity index (χ1n) is 4.91. The van der Waals surface area contributed by atoms with Crippen LogP contribution < -0.4 is 0 Å². The summed E-state index contributed by atoms with van der Waals surface area (Å²) in [5, 5.41) is 0. The smallest absolute Gasteiger partial charge is 0.0995 e. The minimum absolute atomic E-state index is 0.785. The molecule has 0 aliphatic heterocycles. The summed E-state index contributed by atoms with van der Waals surface area (Å²) < 4.78 is 8.15. The van der Waals surface area contributed by atoms with Crippen LogP contribution >= 0.6 is 15.9 Å². The number of aryl methyl sites for hydroxylation is 1. The number of hydrogen-bond donors (Lipinski definition) is 0. The van der Waals surface area contributed by atoms with Crippen LogP contribution in [0.25, 0.3) is 5.52 Å². The fourth-order valence-corrected chi connectivity index (χ4v) is 1.93. The molecule has 0 aliphatic rings. The Labute approximate surface area is 97.2 Å². The Morgan fingerprint density at radius 1 is 1.53 bits per heavy atom. The van der Waals surface area contributed by atoms with Gasteiger partial charge in [0.15, 0.2) is 0 Å². The van der Waals surface area contributed by atoms with Gasteiger partial charge in [-0.15, -0.1) is 0 Å². The molecular weight excluding hydrogens is 256 g/mol. The zero-order valence-electron chi connectivity index (χ0n) is 8.61. The van der Waals surface area contributed by atoms with Crippen LogP contribution in [0.2, 0.25) is 0 Å². The maximum Gasteiger partial charge on any atom is 0.0995 e. The molecule has 4 heteroatoms. The summed E-state index contributed by atoms with van der Waals surface area (Å²) in [5.74, 6) is 0. The third kappa shape index (κ3) is 2.38. The number of rotatable bonds is 4. The van der Waals surface area contributed by atoms with E-state index >= 15 is 0 Å². The van der Waals surface area contributed by atoms with Crippen molar-refractivity contribution in [1.82, 2.24) is 9.38 Å². The van der Waals surface area contributed by atoms with E-state index in [1.165, 1.54) is 5.52 Å². The molecule has 0 saturated heterocycles. The highest BCUT2D eigenvalue weighted by atomic mass is 79.9. The summed E-state index contributed by atoms with van der Waals surface area (Å²) in [6, 6.07) is 4.10. The third-order valence-corrected chi connectivity index (χ3v) is 2.84. The molecule has 2 heterocycles. The molecule has 0 radical (unpaired) electrons. The van der Waals surface area contributed by atoms with Gasteiger partial charge in [0.2, 0.25) is 0 Å². The maximum absolute atomic E-state index is 5.03. The minimum Gasteiger partial charge on any atom is -0.385 e. The predicted molar refractivity (Wildman–Crippen MR) is 63.1 cm³/mol. The molecule has 0 bridgehead atoms. The van der Waals surface area contributed by atoms with Crippen LogP contribution in [0.4, 0.5) is 0 Å². The molecule has 0 unspecified atom stereocenters. The van der Waals surface area contributed by atoms with E-state index in [9.17, 15) is 0 Å². The Hall–Kier alpha value is -0.870. The van der Waals surface area contributed by atoms with E-state index in [4.69, 9.17) is 4.74 Å². The van der Waals surface area contributed by atoms with E-state index in [-0.39, 0.29) is 0 Å². The molecule has 0 fully saturated rings. The second kappa shape index (κ2) is 4.77. The molecule has 0 saturated carbocycles. The molecule has 0 N–H and O–H groups in total. The van der Waals surface area contributed by atoms with Gasteiger partial charge in [0.25, 0.3) is 0 Å². The Balaban J connectivity index is 2.23. The second-order valence-corrected chi connectivity index (χ2v) is 4.34. The molecule has 0 amide bonds. The lowest BCUT2D eigenvalue weighted by atomic mass is 10.2. The van der Waals surface area contributed by atoms with Crippen molar-refractivity contribution >= 4 is 21.4 Å². The van der Waals surface area contributed by atoms with Gasteiger partial charge in [0.05, 0.1) is 17.5 Å². The van der Waals surface area contributed by atoms with Gasteiger partial charge in [-0.1, -0.05) is 15.9 Å². The molecule has 0 atom stereocenters. The highest BCUT2D eigenvalue weighted by Crippen LogP contribution is 2.17. The van der Waals surface area contributed by atoms with Gasteiger partial charge in [-0.3, -0.25) is 0 Å². The van der Waals surface area contributed by atoms with Crippen molar-refractivity contribution in [2.24, 2.45) is 0 Å². The summed E-state index contributed by atoms with van der Waals surface area (Å²) >= 11 is 3.47. The average molecular weight is 269 g/mol. The van der Waals surface area contributed by atoms with Crippen molar-refractivity contribution in [3.05, 3.63) is 34.8 Å². The van der Waals surface area contributed by atoms with Crippen molar-refractivity contribution in [2.75, 3.05) is 13.7 Å². The lowest BCUT2D eigenvalue weighted by molar-refractivity contribution is 0.195. The topological polar surface area (TPSA) is 26.5 Å². The third-order valence-electron chi connectivity index (χ3n) is 2.34. The van der Waals surface area contributed by atoms with Gasteiger partial charge >= 0.3 is 0 Å². The van der Waals surface area contributed by atoms with Crippen molar-refractivity contribution < 1.29 is 4.74 Å². The van der Waals surface area contributed by atoms with E-state index in [0.717, 1.165) is 29.6 Å². The normalized spacial score (nSPS) is 11.1. The number of aromatic nitrogens is 2. The fourth-order valence-electron chi connectivity index (χ4n) is 1.59. The standard InChI is InChI=1S/C11H13BrN2O/c1-15-6-2-3-10-11-7-9(12)4-5-14(11)8-13-10/h4-5,7-8H,2-3,6H2,1H3. The van der Waals surface area contributed by atoms with Gasteiger partial charge in [0.1, 0.15) is 0 Å². The first-order chi connectivity index (χ1) is 7.31. The van der Waals surface area contributed by atoms with Gasteiger partial charge in [-0.2, -0.15) is 0 Å². The number of nitrogens with zero attached hydrogens (tertiary/aromatic N) is 2. The van der Waals surface area contributed by atoms with Crippen LogP contribution in [-0.2, 0) is 11.2 Å². The minimum atomic E-state index is 0.785. The van der Waals surface area contributed by atoms with Crippen LogP contribution in [0.15, 0.2) is 29.1 Å². The van der Waals surface area contributed by atoms with Crippen LogP contribution in [-0.4, -0.2) is 23.1 Å². The zero-order chi connectivity index (χ0) is 10.7. The Bertz CT molecular complexity index is 453. The number of fused-ring (bicyclic) bond motifs is 1. The summed E-state index contributed by atoms with van der Waals surface area (Å²) in [5.41, 5.74) is 2.30. The first kappa shape index (κ1) is 10.6. The molecule has 0 aliphatic carbocycles. The average Bonchev–Trinajstić information content (AvgIpc) is 2.62. The molecule has 0 aromatic carbocycles. The van der Waals surface area contributed by atoms with E-state index < -0.39 is 0 Å². The van der Waals surface area contributed by atoms with E-state index in [2.05, 4.69) is 27.0 Å².